The zero-order valence-corrected chi connectivity index (χ0v) is 45.2. The summed E-state index contributed by atoms with van der Waals surface area (Å²) in [6.45, 7) is 4.32. The normalized spacial score (nSPS) is 22.7. The Kier molecular flexibility index (Phi) is 24.4. The number of benzene rings is 3. The topological polar surface area (TPSA) is 321 Å². The SMILES string of the molecule is CCC(=O)N[C@H](Cc1ccccc1)C(=O)N[C@H]1CSSC[C@@H](C(=O)N[C@H](C(=O)O)[C@@H](C)O)CC(=O)[C@H]([C@@H](C)O)NC(=O)[C@H](CCCCN)CC(=O)[C@@H](CC2=CCc3ccccc32)NC(=O)[C@H](Cc2ccc(O)cc2)CC1=O. The molecule has 416 valence electrons. The van der Waals surface area contributed by atoms with Crippen LogP contribution in [-0.4, -0.2) is 134 Å². The van der Waals surface area contributed by atoms with Crippen molar-refractivity contribution in [3.63, 3.8) is 0 Å². The fourth-order valence-electron chi connectivity index (χ4n) is 9.20. The molecule has 10 atom stereocenters. The Hall–Kier alpha value is -6.39. The number of phenolic OH excluding ortho intramolecular Hbond substituents is 1. The lowest BCUT2D eigenvalue weighted by Crippen LogP contribution is -2.54. The molecule has 11 N–H and O–H groups in total. The van der Waals surface area contributed by atoms with Crippen LogP contribution in [0.15, 0.2) is 84.9 Å². The average Bonchev–Trinajstić information content (AvgIpc) is 3.81. The van der Waals surface area contributed by atoms with Gasteiger partial charge in [-0.15, -0.1) is 0 Å². The van der Waals surface area contributed by atoms with Crippen molar-refractivity contribution in [3.8, 4) is 5.75 Å². The van der Waals surface area contributed by atoms with Gasteiger partial charge in [0.05, 0.1) is 30.2 Å². The first-order chi connectivity index (χ1) is 36.8. The van der Waals surface area contributed by atoms with E-state index >= 15 is 0 Å². The highest BCUT2D eigenvalue weighted by Gasteiger charge is 2.38. The molecule has 77 heavy (non-hydrogen) atoms. The van der Waals surface area contributed by atoms with Gasteiger partial charge in [-0.25, -0.2) is 4.79 Å². The van der Waals surface area contributed by atoms with Gasteiger partial charge in [0.1, 0.15) is 17.8 Å². The van der Waals surface area contributed by atoms with Crippen LogP contribution < -0.4 is 32.3 Å². The Morgan fingerprint density at radius 2 is 1.42 bits per heavy atom. The van der Waals surface area contributed by atoms with E-state index in [4.69, 9.17) is 5.73 Å². The lowest BCUT2D eigenvalue weighted by Gasteiger charge is -2.28. The van der Waals surface area contributed by atoms with E-state index in [2.05, 4.69) is 26.6 Å². The number of ketones is 3. The van der Waals surface area contributed by atoms with Gasteiger partial charge >= 0.3 is 5.97 Å². The van der Waals surface area contributed by atoms with E-state index < -0.39 is 132 Å². The summed E-state index contributed by atoms with van der Waals surface area (Å²) in [7, 11) is 2.01. The Labute approximate surface area is 456 Å². The number of aromatic hydroxyl groups is 1. The maximum absolute atomic E-state index is 15.0. The lowest BCUT2D eigenvalue weighted by atomic mass is 9.87. The van der Waals surface area contributed by atoms with E-state index in [-0.39, 0.29) is 55.9 Å². The number of unbranched alkanes of at least 4 members (excludes halogenated alkanes) is 1. The Morgan fingerprint density at radius 3 is 2.08 bits per heavy atom. The molecule has 3 aromatic carbocycles. The quantitative estimate of drug-likeness (QED) is 0.0609. The standard InChI is InChI=1S/C56H72N6O13S2/c1-4-49(69)58-44(25-34-12-6-5-7-13-34)55(73)60-45-31-77-76-30-40(54(72)62-51(33(3)64)56(74)75)29-48(68)50(32(2)63)61-52(70)38(15-10-11-23-57)27-46(66)43(26-37-20-19-36-14-8-9-16-42(36)37)59-53(71)39(28-47(45)67)24-35-17-21-41(65)22-18-35/h5-9,12-14,16-18,20-22,32-33,38-40,43-45,50-51,63-65H,4,10-11,15,19,23-31,57H2,1-3H3,(H,58,69)(H,59,71)(H,60,73)(H,61,70)(H,62,72)(H,74,75)/t32-,33-,38-,39-,40+,43-,44-,45+,50+,51+/m1/s1. The van der Waals surface area contributed by atoms with Crippen LogP contribution >= 0.6 is 21.6 Å². The van der Waals surface area contributed by atoms with Gasteiger partial charge in [0, 0.05) is 61.9 Å². The second kappa shape index (κ2) is 30.5. The van der Waals surface area contributed by atoms with Gasteiger partial charge in [0.2, 0.25) is 29.5 Å². The van der Waals surface area contributed by atoms with Gasteiger partial charge in [0.25, 0.3) is 0 Å². The molecule has 1 heterocycles. The number of Topliss-reactive ketones (excluding diaryl/α,β-unsaturated/α-hetero) is 3. The minimum Gasteiger partial charge on any atom is -0.508 e. The van der Waals surface area contributed by atoms with Crippen LogP contribution in [0.5, 0.6) is 5.75 Å². The van der Waals surface area contributed by atoms with E-state index in [0.717, 1.165) is 45.2 Å². The molecule has 1 aliphatic heterocycles. The fourth-order valence-corrected chi connectivity index (χ4v) is 11.7. The smallest absolute Gasteiger partial charge is 0.328 e. The molecule has 0 spiro atoms. The first-order valence-electron chi connectivity index (χ1n) is 26.0. The number of amides is 5. The van der Waals surface area contributed by atoms with Gasteiger partial charge in [-0.1, -0.05) is 108 Å². The fraction of sp³-hybridized carbons (Fsp3) is 0.482. The number of aliphatic carboxylic acids is 1. The number of nitrogens with two attached hydrogens (primary N) is 1. The molecule has 1 fully saturated rings. The second-order valence-corrected chi connectivity index (χ2v) is 22.3. The summed E-state index contributed by atoms with van der Waals surface area (Å²) < 4.78 is 0. The predicted octanol–water partition coefficient (Wildman–Crippen LogP) is 3.14. The number of aliphatic hydroxyl groups is 2. The van der Waals surface area contributed by atoms with Crippen LogP contribution in [0.25, 0.3) is 5.57 Å². The van der Waals surface area contributed by atoms with Crippen molar-refractivity contribution in [3.05, 3.63) is 107 Å². The summed E-state index contributed by atoms with van der Waals surface area (Å²) in [6, 6.07) is 15.4. The Morgan fingerprint density at radius 1 is 0.753 bits per heavy atom. The number of phenols is 1. The first kappa shape index (κ1) is 61.5. The second-order valence-electron chi connectivity index (χ2n) is 19.7. The molecule has 0 radical (unpaired) electrons. The van der Waals surface area contributed by atoms with Crippen LogP contribution in [0.3, 0.4) is 0 Å². The third kappa shape index (κ3) is 18.9. The molecular formula is C56H72N6O13S2. The number of fused-ring (bicyclic) bond motifs is 1. The van der Waals surface area contributed by atoms with Crippen LogP contribution in [0.4, 0.5) is 0 Å². The minimum absolute atomic E-state index is 0.00740. The predicted molar refractivity (Wildman–Crippen MR) is 293 cm³/mol. The molecule has 0 aromatic heterocycles. The molecule has 19 nitrogen and oxygen atoms in total. The van der Waals surface area contributed by atoms with Crippen molar-refractivity contribution < 1.29 is 63.6 Å². The van der Waals surface area contributed by atoms with Crippen LogP contribution in [0.2, 0.25) is 0 Å². The number of carbonyl (C=O) groups excluding carboxylic acids is 8. The number of carboxylic acids is 1. The number of hydrogen-bond acceptors (Lipinski definition) is 15. The lowest BCUT2D eigenvalue weighted by molar-refractivity contribution is -0.145. The average molecular weight is 1100 g/mol. The van der Waals surface area contributed by atoms with E-state index in [1.807, 2.05) is 30.3 Å². The number of rotatable bonds is 19. The molecular weight excluding hydrogens is 1030 g/mol. The Bertz CT molecular complexity index is 2580. The molecule has 5 amide bonds. The molecule has 0 saturated carbocycles. The number of hydrogen-bond donors (Lipinski definition) is 10. The largest absolute Gasteiger partial charge is 0.508 e. The van der Waals surface area contributed by atoms with Crippen LogP contribution in [-0.2, 0) is 62.4 Å². The van der Waals surface area contributed by atoms with E-state index in [9.17, 15) is 63.6 Å². The van der Waals surface area contributed by atoms with Gasteiger partial charge in [-0.3, -0.25) is 38.4 Å². The molecule has 1 aliphatic carbocycles. The van der Waals surface area contributed by atoms with E-state index in [1.54, 1.807) is 49.4 Å². The summed E-state index contributed by atoms with van der Waals surface area (Å²) in [4.78, 5) is 127. The van der Waals surface area contributed by atoms with Gasteiger partial charge in [-0.05, 0) is 86.0 Å². The third-order valence-electron chi connectivity index (χ3n) is 13.7. The molecule has 21 heteroatoms. The summed E-state index contributed by atoms with van der Waals surface area (Å²) in [5.74, 6) is -11.1. The third-order valence-corrected chi connectivity index (χ3v) is 16.2. The Balaban J connectivity index is 1.61. The van der Waals surface area contributed by atoms with Crippen molar-refractivity contribution in [1.29, 1.82) is 0 Å². The van der Waals surface area contributed by atoms with E-state index in [0.29, 0.717) is 30.4 Å². The molecule has 2 aliphatic rings. The first-order valence-corrected chi connectivity index (χ1v) is 28.5. The number of aliphatic hydroxyl groups excluding tert-OH is 2. The summed E-state index contributed by atoms with van der Waals surface area (Å²) in [5.41, 5.74) is 9.74. The molecule has 5 rings (SSSR count). The molecule has 0 bridgehead atoms. The molecule has 3 aromatic rings. The molecule has 1 saturated heterocycles. The number of carboxylic acid groups (broad SMARTS) is 1. The van der Waals surface area contributed by atoms with Crippen molar-refractivity contribution in [2.45, 2.75) is 134 Å². The highest BCUT2D eigenvalue weighted by molar-refractivity contribution is 8.76. The maximum Gasteiger partial charge on any atom is 0.328 e. The van der Waals surface area contributed by atoms with Gasteiger partial charge in [0.15, 0.2) is 23.4 Å². The van der Waals surface area contributed by atoms with Crippen LogP contribution in [0.1, 0.15) is 94.4 Å². The molecule has 0 unspecified atom stereocenters. The van der Waals surface area contributed by atoms with Crippen molar-refractivity contribution in [2.24, 2.45) is 23.5 Å². The zero-order chi connectivity index (χ0) is 56.2. The zero-order valence-electron chi connectivity index (χ0n) is 43.6. The maximum atomic E-state index is 15.0. The van der Waals surface area contributed by atoms with Crippen molar-refractivity contribution in [2.75, 3.05) is 18.1 Å². The minimum atomic E-state index is -1.78. The number of allylic oxidation sites excluding steroid dienone is 1. The highest BCUT2D eigenvalue weighted by atomic mass is 33.1. The van der Waals surface area contributed by atoms with Crippen molar-refractivity contribution in [1.82, 2.24) is 26.6 Å². The van der Waals surface area contributed by atoms with Crippen molar-refractivity contribution >= 4 is 80.0 Å². The summed E-state index contributed by atoms with van der Waals surface area (Å²) in [6.07, 6.45) is -1.06. The van der Waals surface area contributed by atoms with Gasteiger partial charge in [-0.2, -0.15) is 0 Å². The summed E-state index contributed by atoms with van der Waals surface area (Å²) in [5, 5.41) is 54.6. The van der Waals surface area contributed by atoms with E-state index in [1.165, 1.54) is 19.1 Å². The number of nitrogens with one attached hydrogen (secondary N) is 5. The highest BCUT2D eigenvalue weighted by Crippen LogP contribution is 2.33. The van der Waals surface area contributed by atoms with Gasteiger partial charge < -0.3 is 52.7 Å². The monoisotopic (exact) mass is 1100 g/mol. The van der Waals surface area contributed by atoms with Crippen LogP contribution in [0, 0.1) is 17.8 Å². The number of carbonyl (C=O) groups is 9. The summed E-state index contributed by atoms with van der Waals surface area (Å²) >= 11 is 0.